The molecule has 2 bridgehead atoms. The molecule has 1 fully saturated rings. The van der Waals surface area contributed by atoms with Crippen LogP contribution in [0.5, 0.6) is 0 Å². The fraction of sp³-hybridized carbons (Fsp3) is 0.267. The minimum Gasteiger partial charge on any atom is -0.454 e. The topological polar surface area (TPSA) is 92.8 Å². The largest absolute Gasteiger partial charge is 0.454 e. The fourth-order valence-electron chi connectivity index (χ4n) is 6.32. The van der Waals surface area contributed by atoms with E-state index >= 15 is 0 Å². The van der Waals surface area contributed by atoms with Gasteiger partial charge in [-0.15, -0.1) is 0 Å². The molecular weight excluding hydrogens is 548 g/mol. The number of anilines is 1. The van der Waals surface area contributed by atoms with E-state index in [0.29, 0.717) is 5.69 Å². The fourth-order valence-corrected chi connectivity index (χ4v) is 6.78. The second-order valence-electron chi connectivity index (χ2n) is 10.2. The molecule has 38 heavy (non-hydrogen) atoms. The monoisotopic (exact) mass is 572 g/mol. The molecule has 8 heteroatoms. The lowest BCUT2D eigenvalue weighted by molar-refractivity contribution is -0.154. The summed E-state index contributed by atoms with van der Waals surface area (Å²) in [7, 11) is 0. The summed E-state index contributed by atoms with van der Waals surface area (Å²) in [6, 6.07) is 19.7. The first kappa shape index (κ1) is 24.6. The number of esters is 1. The highest BCUT2D eigenvalue weighted by Crippen LogP contribution is 2.60. The zero-order valence-electron chi connectivity index (χ0n) is 20.9. The molecule has 0 radical (unpaired) electrons. The summed E-state index contributed by atoms with van der Waals surface area (Å²) < 4.78 is 6.10. The molecule has 1 N–H and O–H groups in total. The Morgan fingerprint density at radius 2 is 1.34 bits per heavy atom. The van der Waals surface area contributed by atoms with E-state index < -0.39 is 36.9 Å². The first-order valence-corrected chi connectivity index (χ1v) is 13.3. The van der Waals surface area contributed by atoms with Gasteiger partial charge in [0.05, 0.1) is 11.8 Å². The summed E-state index contributed by atoms with van der Waals surface area (Å²) in [5.41, 5.74) is 6.70. The van der Waals surface area contributed by atoms with Crippen molar-refractivity contribution in [2.75, 3.05) is 18.5 Å². The third kappa shape index (κ3) is 3.77. The van der Waals surface area contributed by atoms with Crippen molar-refractivity contribution < 1.29 is 23.9 Å². The van der Waals surface area contributed by atoms with Gasteiger partial charge in [0.2, 0.25) is 11.8 Å². The molecule has 2 atom stereocenters. The van der Waals surface area contributed by atoms with Gasteiger partial charge in [-0.3, -0.25) is 24.1 Å². The Morgan fingerprint density at radius 1 is 0.842 bits per heavy atom. The normalized spacial score (nSPS) is 22.6. The van der Waals surface area contributed by atoms with Crippen molar-refractivity contribution in [1.82, 2.24) is 4.90 Å². The number of amides is 3. The van der Waals surface area contributed by atoms with Gasteiger partial charge in [0.25, 0.3) is 5.91 Å². The zero-order chi connectivity index (χ0) is 26.7. The number of rotatable bonds is 5. The van der Waals surface area contributed by atoms with Gasteiger partial charge in [0.1, 0.15) is 6.54 Å². The maximum Gasteiger partial charge on any atom is 0.326 e. The number of carbonyl (C=O) groups excluding carboxylic acids is 4. The van der Waals surface area contributed by atoms with Gasteiger partial charge >= 0.3 is 5.97 Å². The van der Waals surface area contributed by atoms with Gasteiger partial charge in [0, 0.05) is 22.0 Å². The van der Waals surface area contributed by atoms with Gasteiger partial charge in [-0.25, -0.2) is 0 Å². The lowest BCUT2D eigenvalue weighted by Crippen LogP contribution is -2.41. The van der Waals surface area contributed by atoms with Crippen LogP contribution in [0.3, 0.4) is 0 Å². The molecule has 1 saturated heterocycles. The van der Waals surface area contributed by atoms with Gasteiger partial charge < -0.3 is 10.1 Å². The maximum absolute atomic E-state index is 13.6. The molecular formula is C30H25BrN2O5. The molecule has 7 rings (SSSR count). The van der Waals surface area contributed by atoms with Crippen molar-refractivity contribution in [3.63, 3.8) is 0 Å². The van der Waals surface area contributed by atoms with Crippen molar-refractivity contribution in [1.29, 1.82) is 0 Å². The predicted octanol–water partition coefficient (Wildman–Crippen LogP) is 4.44. The number of aryl methyl sites for hydroxylation is 2. The summed E-state index contributed by atoms with van der Waals surface area (Å²) in [5, 5.41) is 2.74. The summed E-state index contributed by atoms with van der Waals surface area (Å²) in [6.07, 6.45) is 0. The number of hydrogen-bond donors (Lipinski definition) is 1. The van der Waals surface area contributed by atoms with Crippen LogP contribution in [0.2, 0.25) is 0 Å². The summed E-state index contributed by atoms with van der Waals surface area (Å²) in [4.78, 5) is 53.3. The van der Waals surface area contributed by atoms with Crippen LogP contribution in [0.1, 0.15) is 45.2 Å². The van der Waals surface area contributed by atoms with Crippen LogP contribution >= 0.6 is 15.9 Å². The number of halogens is 1. The minimum absolute atomic E-state index is 0.238. The van der Waals surface area contributed by atoms with E-state index in [9.17, 15) is 19.2 Å². The molecule has 3 aromatic carbocycles. The van der Waals surface area contributed by atoms with Crippen LogP contribution in [0.15, 0.2) is 65.1 Å². The predicted molar refractivity (Wildman–Crippen MR) is 143 cm³/mol. The number of benzene rings is 3. The van der Waals surface area contributed by atoms with E-state index in [4.69, 9.17) is 4.74 Å². The van der Waals surface area contributed by atoms with Crippen LogP contribution in [0.25, 0.3) is 0 Å². The van der Waals surface area contributed by atoms with E-state index in [1.165, 1.54) is 0 Å². The van der Waals surface area contributed by atoms with Crippen LogP contribution < -0.4 is 5.32 Å². The van der Waals surface area contributed by atoms with E-state index in [1.807, 2.05) is 74.5 Å². The molecule has 0 spiro atoms. The van der Waals surface area contributed by atoms with E-state index in [2.05, 4.69) is 21.2 Å². The molecule has 3 amide bonds. The van der Waals surface area contributed by atoms with Crippen LogP contribution in [0.4, 0.5) is 5.69 Å². The molecule has 3 aliphatic carbocycles. The summed E-state index contributed by atoms with van der Waals surface area (Å²) in [6.45, 7) is 2.74. The van der Waals surface area contributed by atoms with Crippen LogP contribution in [-0.2, 0) is 23.9 Å². The lowest BCUT2D eigenvalue weighted by atomic mass is 9.55. The number of ether oxygens (including phenoxy) is 1. The maximum atomic E-state index is 13.6. The molecule has 0 saturated carbocycles. The third-order valence-electron chi connectivity index (χ3n) is 7.97. The first-order chi connectivity index (χ1) is 18.3. The minimum atomic E-state index is -0.799. The number of imide groups is 1. The SMILES string of the molecule is Cc1cc(NC(=O)COC(=O)CN2C(=O)[C@@H]3C4c5ccccc5C(c5ccccc54)[C@H]3C2=O)c(C)cc1Br. The molecule has 0 unspecified atom stereocenters. The number of likely N-dealkylation sites (tertiary alicyclic amines) is 1. The van der Waals surface area contributed by atoms with Gasteiger partial charge in [-0.2, -0.15) is 0 Å². The number of nitrogens with one attached hydrogen (secondary N) is 1. The smallest absolute Gasteiger partial charge is 0.326 e. The second-order valence-corrected chi connectivity index (χ2v) is 11.0. The zero-order valence-corrected chi connectivity index (χ0v) is 22.4. The Kier molecular flexibility index (Phi) is 5.94. The lowest BCUT2D eigenvalue weighted by Gasteiger charge is -2.45. The van der Waals surface area contributed by atoms with Crippen molar-refractivity contribution in [3.05, 3.63) is 98.5 Å². The van der Waals surface area contributed by atoms with E-state index in [0.717, 1.165) is 42.8 Å². The molecule has 1 heterocycles. The molecule has 0 aromatic heterocycles. The average molecular weight is 573 g/mol. The van der Waals surface area contributed by atoms with E-state index in [1.54, 1.807) is 0 Å². The highest BCUT2D eigenvalue weighted by Gasteiger charge is 2.61. The average Bonchev–Trinajstić information content (AvgIpc) is 3.16. The van der Waals surface area contributed by atoms with Crippen molar-refractivity contribution in [2.24, 2.45) is 11.8 Å². The van der Waals surface area contributed by atoms with Crippen LogP contribution in [-0.4, -0.2) is 41.7 Å². The number of hydrogen-bond acceptors (Lipinski definition) is 5. The van der Waals surface area contributed by atoms with Crippen LogP contribution in [0, 0.1) is 25.7 Å². The number of nitrogens with zero attached hydrogens (tertiary/aromatic N) is 1. The van der Waals surface area contributed by atoms with Crippen molar-refractivity contribution in [3.8, 4) is 0 Å². The first-order valence-electron chi connectivity index (χ1n) is 12.5. The summed E-state index contributed by atoms with van der Waals surface area (Å²) >= 11 is 3.46. The van der Waals surface area contributed by atoms with Gasteiger partial charge in [-0.05, 0) is 59.4 Å². The highest BCUT2D eigenvalue weighted by molar-refractivity contribution is 9.10. The Hall–Kier alpha value is -3.78. The Morgan fingerprint density at radius 3 is 1.84 bits per heavy atom. The quantitative estimate of drug-likeness (QED) is 0.360. The second kappa shape index (κ2) is 9.20. The van der Waals surface area contributed by atoms with E-state index in [-0.39, 0.29) is 23.7 Å². The Bertz CT molecular complexity index is 1420. The number of carbonyl (C=O) groups is 4. The standard InChI is InChI=1S/C30H25BrN2O5/c1-15-12-22(16(2)11-21(15)31)32-23(34)14-38-24(35)13-33-29(36)27-25-17-7-3-4-8-18(17)26(28(27)30(33)37)20-10-6-5-9-19(20)25/h3-12,25-28H,13-14H2,1-2H3,(H,32,34)/t25?,26?,27-,28-/m1/s1. The highest BCUT2D eigenvalue weighted by atomic mass is 79.9. The Labute approximate surface area is 228 Å². The van der Waals surface area contributed by atoms with Gasteiger partial charge in [0.15, 0.2) is 6.61 Å². The molecule has 3 aromatic rings. The molecule has 1 aliphatic heterocycles. The molecule has 7 nitrogen and oxygen atoms in total. The van der Waals surface area contributed by atoms with Crippen molar-refractivity contribution in [2.45, 2.75) is 25.7 Å². The third-order valence-corrected chi connectivity index (χ3v) is 8.83. The van der Waals surface area contributed by atoms with Crippen molar-refractivity contribution >= 4 is 45.3 Å². The Balaban J connectivity index is 1.17. The van der Waals surface area contributed by atoms with Gasteiger partial charge in [-0.1, -0.05) is 64.5 Å². The molecule has 4 aliphatic rings. The molecule has 192 valence electrons. The summed E-state index contributed by atoms with van der Waals surface area (Å²) in [5.74, 6) is -3.61.